The number of carbonyl (C=O) groups excluding carboxylic acids is 1. The number of benzene rings is 2. The van der Waals surface area contributed by atoms with Crippen molar-refractivity contribution in [3.63, 3.8) is 0 Å². The number of hydrogen-bond donors (Lipinski definition) is 0. The summed E-state index contributed by atoms with van der Waals surface area (Å²) in [5, 5.41) is 12.8. The first-order chi connectivity index (χ1) is 17.4. The van der Waals surface area contributed by atoms with Crippen LogP contribution in [0.15, 0.2) is 93.2 Å². The maximum absolute atomic E-state index is 13.6. The number of esters is 1. The number of hydrogen-bond acceptors (Lipinski definition) is 8. The second-order valence-electron chi connectivity index (χ2n) is 8.01. The molecule has 1 aliphatic rings. The van der Waals surface area contributed by atoms with Crippen LogP contribution < -0.4 is 14.9 Å². The van der Waals surface area contributed by atoms with Crippen LogP contribution in [0.5, 0.6) is 0 Å². The number of non-ortho nitro benzene ring substituents is 1. The molecule has 0 fully saturated rings. The molecule has 0 aliphatic carbocycles. The van der Waals surface area contributed by atoms with E-state index < -0.39 is 16.9 Å². The standard InChI is InChI=1S/C26H19N3O5S2/c1-16-22(25(31)34-15-18-6-3-2-4-7-18)23(20-8-5-13-35-20)28-24(30)21(36-26(28)27-16)14-17-9-11-19(12-10-17)29(32)33/h2-14,23H,15H2,1H3/b21-14+/t23-/m0/s1. The van der Waals surface area contributed by atoms with Gasteiger partial charge in [0, 0.05) is 17.0 Å². The largest absolute Gasteiger partial charge is 0.457 e. The molecule has 0 saturated carbocycles. The summed E-state index contributed by atoms with van der Waals surface area (Å²) in [6.07, 6.45) is 1.67. The fourth-order valence-electron chi connectivity index (χ4n) is 3.94. The maximum Gasteiger partial charge on any atom is 0.338 e. The summed E-state index contributed by atoms with van der Waals surface area (Å²) in [5.74, 6) is -0.525. The Balaban J connectivity index is 1.56. The Bertz CT molecular complexity index is 1650. The molecule has 5 rings (SSSR count). The minimum Gasteiger partial charge on any atom is -0.457 e. The zero-order chi connectivity index (χ0) is 25.2. The Labute approximate surface area is 212 Å². The third-order valence-corrected chi connectivity index (χ3v) is 7.58. The van der Waals surface area contributed by atoms with Gasteiger partial charge in [-0.3, -0.25) is 19.5 Å². The average Bonchev–Trinajstić information content (AvgIpc) is 3.51. The van der Waals surface area contributed by atoms with E-state index in [4.69, 9.17) is 4.74 Å². The molecule has 0 radical (unpaired) electrons. The van der Waals surface area contributed by atoms with Gasteiger partial charge in [0.25, 0.3) is 11.2 Å². The number of thiophene rings is 1. The van der Waals surface area contributed by atoms with Gasteiger partial charge in [0.1, 0.15) is 12.6 Å². The monoisotopic (exact) mass is 517 g/mol. The van der Waals surface area contributed by atoms with Crippen molar-refractivity contribution in [3.05, 3.63) is 129 Å². The summed E-state index contributed by atoms with van der Waals surface area (Å²) < 4.78 is 7.57. The molecule has 1 aliphatic heterocycles. The lowest BCUT2D eigenvalue weighted by Crippen LogP contribution is -2.39. The third-order valence-electron chi connectivity index (χ3n) is 5.67. The lowest BCUT2D eigenvalue weighted by atomic mass is 10.0. The molecule has 0 saturated heterocycles. The summed E-state index contributed by atoms with van der Waals surface area (Å²) in [4.78, 5) is 43.2. The molecule has 1 atom stereocenters. The van der Waals surface area contributed by atoms with Gasteiger partial charge in [-0.15, -0.1) is 11.3 Å². The molecule has 180 valence electrons. The van der Waals surface area contributed by atoms with Gasteiger partial charge in [-0.05, 0) is 47.7 Å². The number of ether oxygens (including phenoxy) is 1. The number of allylic oxidation sites excluding steroid dienone is 1. The summed E-state index contributed by atoms with van der Waals surface area (Å²) in [6, 6.07) is 18.4. The number of fused-ring (bicyclic) bond motifs is 1. The number of aromatic nitrogens is 1. The van der Waals surface area contributed by atoms with E-state index in [2.05, 4.69) is 4.99 Å². The van der Waals surface area contributed by atoms with Crippen LogP contribution in [-0.2, 0) is 16.1 Å². The topological polar surface area (TPSA) is 104 Å². The maximum atomic E-state index is 13.6. The van der Waals surface area contributed by atoms with E-state index in [1.165, 1.54) is 39.4 Å². The third kappa shape index (κ3) is 4.56. The normalized spacial score (nSPS) is 15.4. The van der Waals surface area contributed by atoms with Crippen LogP contribution in [-0.4, -0.2) is 15.5 Å². The van der Waals surface area contributed by atoms with Crippen LogP contribution in [0.3, 0.4) is 0 Å². The number of carbonyl (C=O) groups is 1. The molecule has 36 heavy (non-hydrogen) atoms. The molecule has 0 unspecified atom stereocenters. The van der Waals surface area contributed by atoms with Crippen molar-refractivity contribution in [1.29, 1.82) is 0 Å². The summed E-state index contributed by atoms with van der Waals surface area (Å²) in [7, 11) is 0. The molecule has 2 aromatic carbocycles. The first-order valence-corrected chi connectivity index (χ1v) is 12.6. The fraction of sp³-hybridized carbons (Fsp3) is 0.115. The van der Waals surface area contributed by atoms with E-state index in [-0.39, 0.29) is 17.9 Å². The first-order valence-electron chi connectivity index (χ1n) is 10.9. The second-order valence-corrected chi connectivity index (χ2v) is 10.00. The van der Waals surface area contributed by atoms with Crippen LogP contribution in [0, 0.1) is 10.1 Å². The van der Waals surface area contributed by atoms with Gasteiger partial charge < -0.3 is 4.74 Å². The average molecular weight is 518 g/mol. The van der Waals surface area contributed by atoms with Crippen molar-refractivity contribution < 1.29 is 14.5 Å². The molecular weight excluding hydrogens is 498 g/mol. The van der Waals surface area contributed by atoms with Crippen molar-refractivity contribution in [1.82, 2.24) is 4.57 Å². The quantitative estimate of drug-likeness (QED) is 0.219. The van der Waals surface area contributed by atoms with E-state index in [1.807, 2.05) is 47.8 Å². The van der Waals surface area contributed by atoms with Gasteiger partial charge in [0.15, 0.2) is 4.80 Å². The van der Waals surface area contributed by atoms with Crippen LogP contribution in [0.2, 0.25) is 0 Å². The SMILES string of the molecule is CC1=C(C(=O)OCc2ccccc2)[C@H](c2cccs2)n2c(s/c(=C/c3ccc([N+](=O)[O-])cc3)c2=O)=N1. The van der Waals surface area contributed by atoms with E-state index in [9.17, 15) is 19.7 Å². The molecular formula is C26H19N3O5S2. The van der Waals surface area contributed by atoms with Gasteiger partial charge in [-0.2, -0.15) is 0 Å². The Morgan fingerprint density at radius 2 is 1.89 bits per heavy atom. The van der Waals surface area contributed by atoms with E-state index in [0.29, 0.717) is 26.2 Å². The number of rotatable bonds is 6. The minimum atomic E-state index is -0.663. The minimum absolute atomic E-state index is 0.0272. The van der Waals surface area contributed by atoms with Gasteiger partial charge >= 0.3 is 5.97 Å². The van der Waals surface area contributed by atoms with Crippen molar-refractivity contribution in [3.8, 4) is 0 Å². The number of nitro benzene ring substituents is 1. The fourth-order valence-corrected chi connectivity index (χ4v) is 5.81. The van der Waals surface area contributed by atoms with Gasteiger partial charge in [-0.1, -0.05) is 47.7 Å². The van der Waals surface area contributed by atoms with Crippen molar-refractivity contribution in [2.45, 2.75) is 19.6 Å². The number of thiazole rings is 1. The number of nitro groups is 1. The predicted molar refractivity (Wildman–Crippen MR) is 137 cm³/mol. The highest BCUT2D eigenvalue weighted by Gasteiger charge is 2.34. The van der Waals surface area contributed by atoms with Crippen LogP contribution >= 0.6 is 22.7 Å². The zero-order valence-corrected chi connectivity index (χ0v) is 20.6. The molecule has 4 aromatic rings. The zero-order valence-electron chi connectivity index (χ0n) is 19.0. The van der Waals surface area contributed by atoms with Gasteiger partial charge in [-0.25, -0.2) is 9.79 Å². The molecule has 8 nitrogen and oxygen atoms in total. The number of nitrogens with zero attached hydrogens (tertiary/aromatic N) is 3. The smallest absolute Gasteiger partial charge is 0.338 e. The highest BCUT2D eigenvalue weighted by atomic mass is 32.1. The molecule has 0 spiro atoms. The van der Waals surface area contributed by atoms with Gasteiger partial charge in [0.2, 0.25) is 0 Å². The highest BCUT2D eigenvalue weighted by Crippen LogP contribution is 2.33. The molecule has 0 bridgehead atoms. The molecule has 3 heterocycles. The first kappa shape index (κ1) is 23.6. The Kier molecular flexibility index (Phi) is 6.45. The molecule has 0 N–H and O–H groups in total. The van der Waals surface area contributed by atoms with Crippen LogP contribution in [0.4, 0.5) is 5.69 Å². The molecule has 2 aromatic heterocycles. The Morgan fingerprint density at radius 1 is 1.14 bits per heavy atom. The van der Waals surface area contributed by atoms with Crippen molar-refractivity contribution in [2.75, 3.05) is 0 Å². The summed E-state index contributed by atoms with van der Waals surface area (Å²) in [5.41, 5.74) is 2.00. The summed E-state index contributed by atoms with van der Waals surface area (Å²) >= 11 is 2.65. The molecule has 0 amide bonds. The summed E-state index contributed by atoms with van der Waals surface area (Å²) in [6.45, 7) is 1.85. The predicted octanol–water partition coefficient (Wildman–Crippen LogP) is 3.95. The van der Waals surface area contributed by atoms with E-state index in [0.717, 1.165) is 10.4 Å². The van der Waals surface area contributed by atoms with E-state index in [1.54, 1.807) is 25.1 Å². The van der Waals surface area contributed by atoms with Crippen LogP contribution in [0.1, 0.15) is 29.0 Å². The Morgan fingerprint density at radius 3 is 2.56 bits per heavy atom. The van der Waals surface area contributed by atoms with Gasteiger partial charge in [0.05, 0.1) is 20.7 Å². The molecule has 10 heteroatoms. The van der Waals surface area contributed by atoms with Crippen molar-refractivity contribution >= 4 is 40.4 Å². The Hall–Kier alpha value is -4.15. The van der Waals surface area contributed by atoms with Crippen molar-refractivity contribution in [2.24, 2.45) is 4.99 Å². The lowest BCUT2D eigenvalue weighted by Gasteiger charge is -2.23. The van der Waals surface area contributed by atoms with E-state index >= 15 is 0 Å². The highest BCUT2D eigenvalue weighted by molar-refractivity contribution is 7.10. The second kappa shape index (κ2) is 9.84. The van der Waals surface area contributed by atoms with Crippen LogP contribution in [0.25, 0.3) is 6.08 Å². The lowest BCUT2D eigenvalue weighted by molar-refractivity contribution is -0.384.